The number of morpholine rings is 1. The number of hydrogen-bond donors (Lipinski definition) is 0. The van der Waals surface area contributed by atoms with Gasteiger partial charge in [0.05, 0.1) is 19.1 Å². The highest BCUT2D eigenvalue weighted by atomic mass is 16.5. The van der Waals surface area contributed by atoms with Crippen LogP contribution in [0.1, 0.15) is 18.3 Å². The number of anilines is 1. The van der Waals surface area contributed by atoms with Crippen LogP contribution in [0, 0.1) is 30.1 Å². The lowest BCUT2D eigenvalue weighted by atomic mass is 9.96. The third-order valence-electron chi connectivity index (χ3n) is 4.49. The number of hydrogen-bond acceptors (Lipinski definition) is 6. The Balaban J connectivity index is 1.74. The van der Waals surface area contributed by atoms with E-state index in [0.717, 1.165) is 12.2 Å². The van der Waals surface area contributed by atoms with Gasteiger partial charge >= 0.3 is 0 Å². The van der Waals surface area contributed by atoms with Crippen LogP contribution in [0.15, 0.2) is 6.07 Å². The molecule has 0 saturated carbocycles. The average Bonchev–Trinajstić information content (AvgIpc) is 2.96. The SMILES string of the molecule is Cc1cc(C#N)nc(N2C[C@@H](C)[C@H](C(=O)N3CCOCC3)C2)n1. The zero-order valence-corrected chi connectivity index (χ0v) is 13.5. The Bertz CT molecular complexity index is 636. The van der Waals surface area contributed by atoms with Gasteiger partial charge in [0, 0.05) is 31.9 Å². The minimum absolute atomic E-state index is 0.0530. The molecule has 2 aliphatic heterocycles. The van der Waals surface area contributed by atoms with Gasteiger partial charge in [-0.3, -0.25) is 4.79 Å². The Kier molecular flexibility index (Phi) is 4.44. The molecular weight excluding hydrogens is 294 g/mol. The zero-order valence-electron chi connectivity index (χ0n) is 13.5. The third-order valence-corrected chi connectivity index (χ3v) is 4.49. The Morgan fingerprint density at radius 1 is 1.35 bits per heavy atom. The Morgan fingerprint density at radius 2 is 2.09 bits per heavy atom. The van der Waals surface area contributed by atoms with Gasteiger partial charge in [0.15, 0.2) is 0 Å². The first-order valence-electron chi connectivity index (χ1n) is 7.95. The van der Waals surface area contributed by atoms with Gasteiger partial charge in [0.1, 0.15) is 11.8 Å². The molecule has 0 spiro atoms. The number of nitrogens with zero attached hydrogens (tertiary/aromatic N) is 5. The Hall–Kier alpha value is -2.20. The van der Waals surface area contributed by atoms with Crippen LogP contribution in [0.2, 0.25) is 0 Å². The molecule has 0 radical (unpaired) electrons. The van der Waals surface area contributed by atoms with Crippen molar-refractivity contribution in [2.24, 2.45) is 11.8 Å². The number of amides is 1. The minimum atomic E-state index is -0.0530. The lowest BCUT2D eigenvalue weighted by molar-refractivity contribution is -0.140. The maximum absolute atomic E-state index is 12.7. The van der Waals surface area contributed by atoms with Crippen LogP contribution in [-0.2, 0) is 9.53 Å². The summed E-state index contributed by atoms with van der Waals surface area (Å²) in [7, 11) is 0. The molecule has 3 rings (SSSR count). The number of aryl methyl sites for hydroxylation is 1. The van der Waals surface area contributed by atoms with Gasteiger partial charge in [0.2, 0.25) is 11.9 Å². The zero-order chi connectivity index (χ0) is 16.4. The number of ether oxygens (including phenoxy) is 1. The van der Waals surface area contributed by atoms with Crippen molar-refractivity contribution in [3.8, 4) is 6.07 Å². The molecule has 7 nitrogen and oxygen atoms in total. The van der Waals surface area contributed by atoms with Crippen molar-refractivity contribution in [2.45, 2.75) is 13.8 Å². The summed E-state index contributed by atoms with van der Waals surface area (Å²) in [4.78, 5) is 25.3. The maximum atomic E-state index is 12.7. The van der Waals surface area contributed by atoms with Crippen molar-refractivity contribution in [1.82, 2.24) is 14.9 Å². The minimum Gasteiger partial charge on any atom is -0.378 e. The van der Waals surface area contributed by atoms with Crippen LogP contribution in [0.3, 0.4) is 0 Å². The van der Waals surface area contributed by atoms with Crippen molar-refractivity contribution >= 4 is 11.9 Å². The maximum Gasteiger partial charge on any atom is 0.227 e. The molecule has 3 heterocycles. The molecule has 7 heteroatoms. The fourth-order valence-electron chi connectivity index (χ4n) is 3.22. The molecule has 0 bridgehead atoms. The fourth-order valence-corrected chi connectivity index (χ4v) is 3.22. The van der Waals surface area contributed by atoms with Crippen LogP contribution < -0.4 is 4.90 Å². The molecule has 0 aromatic carbocycles. The van der Waals surface area contributed by atoms with Gasteiger partial charge in [-0.2, -0.15) is 5.26 Å². The molecule has 0 N–H and O–H groups in total. The average molecular weight is 315 g/mol. The molecule has 0 aliphatic carbocycles. The van der Waals surface area contributed by atoms with Gasteiger partial charge in [-0.25, -0.2) is 9.97 Å². The van der Waals surface area contributed by atoms with Gasteiger partial charge in [-0.1, -0.05) is 6.92 Å². The third kappa shape index (κ3) is 3.27. The molecule has 1 aromatic heterocycles. The summed E-state index contributed by atoms with van der Waals surface area (Å²) in [6.45, 7) is 7.84. The van der Waals surface area contributed by atoms with Crippen LogP contribution in [0.4, 0.5) is 5.95 Å². The van der Waals surface area contributed by atoms with Crippen LogP contribution in [-0.4, -0.2) is 60.2 Å². The van der Waals surface area contributed by atoms with E-state index in [4.69, 9.17) is 10.00 Å². The molecule has 1 amide bonds. The summed E-state index contributed by atoms with van der Waals surface area (Å²) in [6.07, 6.45) is 0. The van der Waals surface area contributed by atoms with Crippen molar-refractivity contribution in [3.05, 3.63) is 17.5 Å². The van der Waals surface area contributed by atoms with Crippen molar-refractivity contribution in [1.29, 1.82) is 5.26 Å². The molecule has 23 heavy (non-hydrogen) atoms. The fraction of sp³-hybridized carbons (Fsp3) is 0.625. The van der Waals surface area contributed by atoms with Gasteiger partial charge in [-0.15, -0.1) is 0 Å². The summed E-state index contributed by atoms with van der Waals surface area (Å²) < 4.78 is 5.31. The van der Waals surface area contributed by atoms with Crippen LogP contribution in [0.5, 0.6) is 0 Å². The second-order valence-electron chi connectivity index (χ2n) is 6.23. The summed E-state index contributed by atoms with van der Waals surface area (Å²) in [5, 5.41) is 9.06. The van der Waals surface area contributed by atoms with E-state index in [1.165, 1.54) is 0 Å². The predicted molar refractivity (Wildman–Crippen MR) is 83.8 cm³/mol. The largest absolute Gasteiger partial charge is 0.378 e. The Morgan fingerprint density at radius 3 is 2.78 bits per heavy atom. The highest BCUT2D eigenvalue weighted by molar-refractivity contribution is 5.80. The predicted octanol–water partition coefficient (Wildman–Crippen LogP) is 0.588. The quantitative estimate of drug-likeness (QED) is 0.794. The molecule has 2 aliphatic rings. The summed E-state index contributed by atoms with van der Waals surface area (Å²) in [5.74, 6) is 0.921. The molecule has 2 saturated heterocycles. The van der Waals surface area contributed by atoms with Crippen LogP contribution >= 0.6 is 0 Å². The van der Waals surface area contributed by atoms with E-state index in [2.05, 4.69) is 23.0 Å². The van der Waals surface area contributed by atoms with Crippen LogP contribution in [0.25, 0.3) is 0 Å². The molecule has 0 unspecified atom stereocenters. The molecular formula is C16H21N5O2. The number of nitriles is 1. The number of carbonyl (C=O) groups excluding carboxylic acids is 1. The first-order valence-corrected chi connectivity index (χ1v) is 7.95. The molecule has 122 valence electrons. The van der Waals surface area contributed by atoms with Gasteiger partial charge in [-0.05, 0) is 18.9 Å². The van der Waals surface area contributed by atoms with Gasteiger partial charge in [0.25, 0.3) is 0 Å². The highest BCUT2D eigenvalue weighted by Crippen LogP contribution is 2.28. The monoisotopic (exact) mass is 315 g/mol. The van der Waals surface area contributed by atoms with E-state index in [-0.39, 0.29) is 17.7 Å². The first kappa shape index (κ1) is 15.7. The van der Waals surface area contributed by atoms with Crippen molar-refractivity contribution in [3.63, 3.8) is 0 Å². The van der Waals surface area contributed by atoms with Crippen molar-refractivity contribution in [2.75, 3.05) is 44.3 Å². The smallest absolute Gasteiger partial charge is 0.227 e. The number of carbonyl (C=O) groups is 1. The number of aromatic nitrogens is 2. The molecule has 2 atom stereocenters. The summed E-state index contributed by atoms with van der Waals surface area (Å²) in [5.41, 5.74) is 1.13. The highest BCUT2D eigenvalue weighted by Gasteiger charge is 2.38. The van der Waals surface area contributed by atoms with E-state index in [1.807, 2.05) is 16.7 Å². The molecule has 1 aromatic rings. The number of rotatable bonds is 2. The van der Waals surface area contributed by atoms with Crippen molar-refractivity contribution < 1.29 is 9.53 Å². The second kappa shape index (κ2) is 6.50. The normalized spacial score (nSPS) is 24.6. The second-order valence-corrected chi connectivity index (χ2v) is 6.23. The van der Waals surface area contributed by atoms with E-state index in [1.54, 1.807) is 6.07 Å². The summed E-state index contributed by atoms with van der Waals surface area (Å²) >= 11 is 0. The Labute approximate surface area is 135 Å². The molecule has 2 fully saturated rings. The lowest BCUT2D eigenvalue weighted by Crippen LogP contribution is -2.45. The van der Waals surface area contributed by atoms with Gasteiger partial charge < -0.3 is 14.5 Å². The van der Waals surface area contributed by atoms with E-state index < -0.39 is 0 Å². The standard InChI is InChI=1S/C16H21N5O2/c1-11-9-21(16-18-12(2)7-13(8-17)19-16)10-14(11)15(22)20-3-5-23-6-4-20/h7,11,14H,3-6,9-10H2,1-2H3/t11-,14-/m1/s1. The topological polar surface area (TPSA) is 82.4 Å². The first-order chi connectivity index (χ1) is 11.1. The van der Waals surface area contributed by atoms with E-state index in [0.29, 0.717) is 44.5 Å². The van der Waals surface area contributed by atoms with E-state index in [9.17, 15) is 4.79 Å². The van der Waals surface area contributed by atoms with E-state index >= 15 is 0 Å². The summed E-state index contributed by atoms with van der Waals surface area (Å²) in [6, 6.07) is 3.73. The lowest BCUT2D eigenvalue weighted by Gasteiger charge is -2.30.